The fourth-order valence-corrected chi connectivity index (χ4v) is 3.88. The fraction of sp³-hybridized carbons (Fsp3) is 0.611. The van der Waals surface area contributed by atoms with E-state index in [-0.39, 0.29) is 29.8 Å². The smallest absolute Gasteiger partial charge is 0.254 e. The number of hydrogen-bond acceptors (Lipinski definition) is 3. The summed E-state index contributed by atoms with van der Waals surface area (Å²) in [5.74, 6) is -0.281. The molecule has 1 aliphatic carbocycles. The molecule has 1 aromatic carbocycles. The molecule has 2 fully saturated rings. The molecule has 4 nitrogen and oxygen atoms in total. The second kappa shape index (κ2) is 6.57. The number of carbonyl (C=O) groups excluding carboxylic acids is 1. The van der Waals surface area contributed by atoms with Crippen molar-refractivity contribution in [3.05, 3.63) is 34.6 Å². The second-order valence-electron chi connectivity index (χ2n) is 6.73. The largest absolute Gasteiger partial charge is 0.393 e. The van der Waals surface area contributed by atoms with E-state index >= 15 is 0 Å². The van der Waals surface area contributed by atoms with E-state index in [1.54, 1.807) is 26.0 Å². The second-order valence-corrected chi connectivity index (χ2v) is 6.73. The highest BCUT2D eigenvalue weighted by molar-refractivity contribution is 5.95. The summed E-state index contributed by atoms with van der Waals surface area (Å²) in [5, 5.41) is 10.2. The van der Waals surface area contributed by atoms with Crippen LogP contribution in [0.3, 0.4) is 0 Å². The van der Waals surface area contributed by atoms with Gasteiger partial charge in [0.1, 0.15) is 5.82 Å². The number of ether oxygens (including phenoxy) is 1. The molecular formula is C18H24FNO3. The minimum Gasteiger partial charge on any atom is -0.393 e. The van der Waals surface area contributed by atoms with Crippen molar-refractivity contribution in [3.8, 4) is 0 Å². The van der Waals surface area contributed by atoms with E-state index in [4.69, 9.17) is 4.74 Å². The van der Waals surface area contributed by atoms with Gasteiger partial charge in [-0.2, -0.15) is 0 Å². The summed E-state index contributed by atoms with van der Waals surface area (Å²) in [6.07, 6.45) is 2.33. The van der Waals surface area contributed by atoms with Crippen LogP contribution < -0.4 is 0 Å². The Bertz CT molecular complexity index is 581. The van der Waals surface area contributed by atoms with E-state index < -0.39 is 0 Å². The van der Waals surface area contributed by atoms with E-state index in [2.05, 4.69) is 0 Å². The lowest BCUT2D eigenvalue weighted by molar-refractivity contribution is -0.0383. The Kier molecular flexibility index (Phi) is 4.69. The normalized spacial score (nSPS) is 28.2. The summed E-state index contributed by atoms with van der Waals surface area (Å²) in [6, 6.07) is 3.13. The average Bonchev–Trinajstić information content (AvgIpc) is 2.97. The van der Waals surface area contributed by atoms with Crippen molar-refractivity contribution in [2.24, 2.45) is 5.92 Å². The molecule has 0 radical (unpaired) electrons. The third kappa shape index (κ3) is 3.12. The van der Waals surface area contributed by atoms with Crippen molar-refractivity contribution in [2.45, 2.75) is 45.3 Å². The van der Waals surface area contributed by atoms with Crippen molar-refractivity contribution < 1.29 is 19.0 Å². The van der Waals surface area contributed by atoms with Gasteiger partial charge < -0.3 is 14.7 Å². The highest BCUT2D eigenvalue weighted by Gasteiger charge is 2.39. The zero-order valence-electron chi connectivity index (χ0n) is 13.7. The van der Waals surface area contributed by atoms with Crippen LogP contribution in [0.25, 0.3) is 0 Å². The molecule has 1 amide bonds. The van der Waals surface area contributed by atoms with Gasteiger partial charge in [-0.25, -0.2) is 4.39 Å². The molecule has 0 aromatic heterocycles. The van der Waals surface area contributed by atoms with Crippen LogP contribution in [-0.4, -0.2) is 47.8 Å². The molecule has 1 saturated heterocycles. The van der Waals surface area contributed by atoms with Gasteiger partial charge >= 0.3 is 0 Å². The highest BCUT2D eigenvalue weighted by Crippen LogP contribution is 2.33. The maximum atomic E-state index is 13.8. The first-order valence-electron chi connectivity index (χ1n) is 8.32. The summed E-state index contributed by atoms with van der Waals surface area (Å²) >= 11 is 0. The van der Waals surface area contributed by atoms with E-state index in [1.807, 2.05) is 4.90 Å². The third-order valence-corrected chi connectivity index (χ3v) is 5.14. The van der Waals surface area contributed by atoms with Gasteiger partial charge in [0.05, 0.1) is 25.4 Å². The lowest BCUT2D eigenvalue weighted by atomic mass is 9.93. The van der Waals surface area contributed by atoms with Crippen LogP contribution in [0, 0.1) is 25.6 Å². The number of morpholine rings is 1. The maximum absolute atomic E-state index is 13.8. The van der Waals surface area contributed by atoms with Gasteiger partial charge in [-0.05, 0) is 49.9 Å². The van der Waals surface area contributed by atoms with E-state index in [1.165, 1.54) is 0 Å². The monoisotopic (exact) mass is 321 g/mol. The lowest BCUT2D eigenvalue weighted by Gasteiger charge is -2.40. The molecule has 1 aliphatic heterocycles. The SMILES string of the molecule is Cc1cc(C(=O)N2CCOC[C@@H]2[C@H]2CCC[C@@H]2O)cc(C)c1F. The Labute approximate surface area is 136 Å². The van der Waals surface area contributed by atoms with Crippen LogP contribution in [0.1, 0.15) is 40.7 Å². The topological polar surface area (TPSA) is 49.8 Å². The number of rotatable bonds is 2. The number of aryl methyl sites for hydroxylation is 2. The molecule has 23 heavy (non-hydrogen) atoms. The van der Waals surface area contributed by atoms with Crippen LogP contribution in [0.2, 0.25) is 0 Å². The van der Waals surface area contributed by atoms with Gasteiger partial charge in [0, 0.05) is 18.0 Å². The molecule has 2 aliphatic rings. The predicted molar refractivity (Wildman–Crippen MR) is 84.9 cm³/mol. The number of nitrogens with zero attached hydrogens (tertiary/aromatic N) is 1. The maximum Gasteiger partial charge on any atom is 0.254 e. The van der Waals surface area contributed by atoms with Crippen LogP contribution in [-0.2, 0) is 4.74 Å². The minimum atomic E-state index is -0.367. The zero-order valence-corrected chi connectivity index (χ0v) is 13.7. The molecular weight excluding hydrogens is 297 g/mol. The van der Waals surface area contributed by atoms with E-state index in [9.17, 15) is 14.3 Å². The number of benzene rings is 1. The molecule has 0 spiro atoms. The molecule has 126 valence electrons. The quantitative estimate of drug-likeness (QED) is 0.910. The fourth-order valence-electron chi connectivity index (χ4n) is 3.88. The van der Waals surface area contributed by atoms with Crippen LogP contribution in [0.4, 0.5) is 4.39 Å². The molecule has 1 N–H and O–H groups in total. The van der Waals surface area contributed by atoms with Gasteiger partial charge in [0.25, 0.3) is 5.91 Å². The van der Waals surface area contributed by atoms with Gasteiger partial charge in [-0.15, -0.1) is 0 Å². The number of aliphatic hydroxyl groups excluding tert-OH is 1. The van der Waals surface area contributed by atoms with Crippen molar-refractivity contribution in [1.29, 1.82) is 0 Å². The predicted octanol–water partition coefficient (Wildman–Crippen LogP) is 2.44. The number of aliphatic hydroxyl groups is 1. The first-order chi connectivity index (χ1) is 11.0. The summed E-state index contributed by atoms with van der Waals surface area (Å²) in [4.78, 5) is 14.8. The van der Waals surface area contributed by atoms with Crippen LogP contribution in [0.15, 0.2) is 12.1 Å². The molecule has 5 heteroatoms. The van der Waals surface area contributed by atoms with Crippen molar-refractivity contribution in [3.63, 3.8) is 0 Å². The van der Waals surface area contributed by atoms with Gasteiger partial charge in [0.15, 0.2) is 0 Å². The first kappa shape index (κ1) is 16.4. The zero-order chi connectivity index (χ0) is 16.6. The van der Waals surface area contributed by atoms with Gasteiger partial charge in [-0.1, -0.05) is 6.42 Å². The summed E-state index contributed by atoms with van der Waals surface area (Å²) in [6.45, 7) is 4.84. The van der Waals surface area contributed by atoms with E-state index in [0.29, 0.717) is 36.4 Å². The number of halogens is 1. The van der Waals surface area contributed by atoms with Crippen molar-refractivity contribution in [2.75, 3.05) is 19.8 Å². The third-order valence-electron chi connectivity index (χ3n) is 5.14. The Morgan fingerprint density at radius 3 is 2.61 bits per heavy atom. The number of carbonyl (C=O) groups is 1. The van der Waals surface area contributed by atoms with E-state index in [0.717, 1.165) is 19.3 Å². The molecule has 3 atom stereocenters. The van der Waals surface area contributed by atoms with Gasteiger partial charge in [-0.3, -0.25) is 4.79 Å². The molecule has 1 saturated carbocycles. The highest BCUT2D eigenvalue weighted by atomic mass is 19.1. The molecule has 1 heterocycles. The summed E-state index contributed by atoms with van der Waals surface area (Å²) in [7, 11) is 0. The van der Waals surface area contributed by atoms with Crippen LogP contribution >= 0.6 is 0 Å². The Balaban J connectivity index is 1.87. The van der Waals surface area contributed by atoms with Crippen molar-refractivity contribution in [1.82, 2.24) is 4.90 Å². The first-order valence-corrected chi connectivity index (χ1v) is 8.32. The molecule has 1 aromatic rings. The summed E-state index contributed by atoms with van der Waals surface area (Å²) < 4.78 is 19.4. The van der Waals surface area contributed by atoms with Gasteiger partial charge in [0.2, 0.25) is 0 Å². The Hall–Kier alpha value is -1.46. The standard InChI is InChI=1S/C18H24FNO3/c1-11-8-13(9-12(2)17(11)19)18(22)20-6-7-23-10-15(20)14-4-3-5-16(14)21/h8-9,14-16,21H,3-7,10H2,1-2H3/t14-,15-,16+/m1/s1. The average molecular weight is 321 g/mol. The Morgan fingerprint density at radius 1 is 1.30 bits per heavy atom. The van der Waals surface area contributed by atoms with Crippen molar-refractivity contribution >= 4 is 5.91 Å². The number of amides is 1. The minimum absolute atomic E-state index is 0.0712. The molecule has 3 rings (SSSR count). The lowest BCUT2D eigenvalue weighted by Crippen LogP contribution is -2.53. The molecule has 0 bridgehead atoms. The van der Waals surface area contributed by atoms with Crippen LogP contribution in [0.5, 0.6) is 0 Å². The number of hydrogen-bond donors (Lipinski definition) is 1. The Morgan fingerprint density at radius 2 is 2.00 bits per heavy atom. The summed E-state index contributed by atoms with van der Waals surface area (Å²) in [5.41, 5.74) is 1.49. The molecule has 0 unspecified atom stereocenters.